The van der Waals surface area contributed by atoms with Crippen molar-refractivity contribution in [2.75, 3.05) is 13.1 Å². The van der Waals surface area contributed by atoms with Gasteiger partial charge >= 0.3 is 0 Å². The molecule has 4 aromatic rings. The Bertz CT molecular complexity index is 1590. The first-order valence-electron chi connectivity index (χ1n) is 15.4. The molecule has 0 bridgehead atoms. The Kier molecular flexibility index (Phi) is 12.0. The van der Waals surface area contributed by atoms with Crippen molar-refractivity contribution in [2.24, 2.45) is 0 Å². The van der Waals surface area contributed by atoms with Crippen LogP contribution in [-0.4, -0.2) is 68.5 Å². The second kappa shape index (κ2) is 15.7. The van der Waals surface area contributed by atoms with E-state index in [4.69, 9.17) is 0 Å². The van der Waals surface area contributed by atoms with E-state index in [1.807, 2.05) is 13.8 Å². The molecule has 0 spiro atoms. The highest BCUT2D eigenvalue weighted by Gasteiger charge is 2.29. The molecule has 244 valence electrons. The summed E-state index contributed by atoms with van der Waals surface area (Å²) >= 11 is 0. The molecule has 2 aromatic carbocycles. The zero-order valence-electron chi connectivity index (χ0n) is 26.6. The van der Waals surface area contributed by atoms with Crippen molar-refractivity contribution in [3.8, 4) is 0 Å². The lowest BCUT2D eigenvalue weighted by molar-refractivity contribution is 0.348. The number of nitrogens with zero attached hydrogens (tertiary/aromatic N) is 8. The van der Waals surface area contributed by atoms with Gasteiger partial charge in [0.2, 0.25) is 20.0 Å². The molecule has 0 N–H and O–H groups in total. The van der Waals surface area contributed by atoms with Crippen LogP contribution in [0.25, 0.3) is 0 Å². The third-order valence-electron chi connectivity index (χ3n) is 7.46. The molecule has 0 atom stereocenters. The number of aromatic nitrogens is 6. The topological polar surface area (TPSA) is 136 Å². The molecule has 0 radical (unpaired) electrons. The Balaban J connectivity index is 1.58. The molecule has 4 rings (SSSR count). The number of hydrogen-bond acceptors (Lipinski definition) is 8. The SMILES string of the molecule is CCCCn1cc(CN(CCCN(Cc2cn(CCCC)nn2)S(=O)(=O)c2ccc(C)cc2)S(=O)(=O)c2ccc(C)cc2)nn1. The van der Waals surface area contributed by atoms with E-state index in [1.54, 1.807) is 70.3 Å². The number of aryl methyl sites for hydroxylation is 4. The van der Waals surface area contributed by atoms with Crippen molar-refractivity contribution in [2.45, 2.75) is 95.8 Å². The molecular formula is C31H44N8O4S2. The van der Waals surface area contributed by atoms with Crippen LogP contribution in [0, 0.1) is 13.8 Å². The predicted octanol–water partition coefficient (Wildman–Crippen LogP) is 4.56. The monoisotopic (exact) mass is 656 g/mol. The zero-order valence-corrected chi connectivity index (χ0v) is 28.2. The number of rotatable bonds is 18. The van der Waals surface area contributed by atoms with Crippen molar-refractivity contribution in [1.82, 2.24) is 38.6 Å². The molecule has 0 saturated heterocycles. The van der Waals surface area contributed by atoms with Gasteiger partial charge in [-0.2, -0.15) is 8.61 Å². The van der Waals surface area contributed by atoms with Crippen molar-refractivity contribution < 1.29 is 16.8 Å². The minimum absolute atomic E-state index is 0.0127. The average molecular weight is 657 g/mol. The van der Waals surface area contributed by atoms with Gasteiger partial charge in [-0.1, -0.05) is 72.5 Å². The van der Waals surface area contributed by atoms with Crippen LogP contribution < -0.4 is 0 Å². The Morgan fingerprint density at radius 3 is 1.33 bits per heavy atom. The largest absolute Gasteiger partial charge is 0.252 e. The van der Waals surface area contributed by atoms with Gasteiger partial charge in [-0.05, 0) is 57.4 Å². The lowest BCUT2D eigenvalue weighted by Crippen LogP contribution is -2.36. The summed E-state index contributed by atoms with van der Waals surface area (Å²) in [5.41, 5.74) is 2.94. The third-order valence-corrected chi connectivity index (χ3v) is 11.2. The van der Waals surface area contributed by atoms with E-state index in [2.05, 4.69) is 34.5 Å². The molecule has 45 heavy (non-hydrogen) atoms. The maximum atomic E-state index is 13.9. The molecular weight excluding hydrogens is 613 g/mol. The smallest absolute Gasteiger partial charge is 0.243 e. The highest BCUT2D eigenvalue weighted by Crippen LogP contribution is 2.22. The highest BCUT2D eigenvalue weighted by atomic mass is 32.2. The van der Waals surface area contributed by atoms with Gasteiger partial charge in [0.25, 0.3) is 0 Å². The summed E-state index contributed by atoms with van der Waals surface area (Å²) < 4.78 is 61.5. The average Bonchev–Trinajstić information content (AvgIpc) is 3.67. The number of benzene rings is 2. The number of unbranched alkanes of at least 4 members (excludes halogenated alkanes) is 2. The van der Waals surface area contributed by atoms with E-state index < -0.39 is 20.0 Å². The second-order valence-corrected chi connectivity index (χ2v) is 15.2. The van der Waals surface area contributed by atoms with Crippen LogP contribution >= 0.6 is 0 Å². The predicted molar refractivity (Wildman–Crippen MR) is 172 cm³/mol. The standard InChI is InChI=1S/C31H44N8O4S2/c1-5-7-18-36-22-28(32-34-36)24-38(44(40,41)30-14-10-26(3)11-15-30)20-9-21-39(25-29-23-37(35-33-29)19-8-6-2)45(42,43)31-16-12-27(4)13-17-31/h10-17,22-23H,5-9,18-21,24-25H2,1-4H3. The van der Waals surface area contributed by atoms with Crippen molar-refractivity contribution in [3.05, 3.63) is 83.4 Å². The molecule has 2 aromatic heterocycles. The maximum absolute atomic E-state index is 13.9. The Morgan fingerprint density at radius 2 is 0.978 bits per heavy atom. The van der Waals surface area contributed by atoms with Crippen LogP contribution in [0.4, 0.5) is 0 Å². The van der Waals surface area contributed by atoms with Crippen molar-refractivity contribution in [1.29, 1.82) is 0 Å². The van der Waals surface area contributed by atoms with Crippen molar-refractivity contribution in [3.63, 3.8) is 0 Å². The fraction of sp³-hybridized carbons (Fsp3) is 0.484. The maximum Gasteiger partial charge on any atom is 0.243 e. The molecule has 2 heterocycles. The summed E-state index contributed by atoms with van der Waals surface area (Å²) in [5.74, 6) is 0. The van der Waals surface area contributed by atoms with Crippen LogP contribution in [0.2, 0.25) is 0 Å². The molecule has 14 heteroatoms. The summed E-state index contributed by atoms with van der Waals surface area (Å²) in [7, 11) is -7.83. The van der Waals surface area contributed by atoms with E-state index in [0.29, 0.717) is 24.5 Å². The van der Waals surface area contributed by atoms with E-state index in [-0.39, 0.29) is 42.4 Å². The first-order valence-corrected chi connectivity index (χ1v) is 18.3. The molecule has 0 aliphatic heterocycles. The van der Waals surface area contributed by atoms with Gasteiger partial charge in [0.05, 0.1) is 34.3 Å². The van der Waals surface area contributed by atoms with E-state index in [9.17, 15) is 16.8 Å². The van der Waals surface area contributed by atoms with Gasteiger partial charge in [-0.3, -0.25) is 9.36 Å². The van der Waals surface area contributed by atoms with Crippen LogP contribution in [0.1, 0.15) is 68.5 Å². The summed E-state index contributed by atoms with van der Waals surface area (Å²) in [6, 6.07) is 13.4. The van der Waals surface area contributed by atoms with Crippen molar-refractivity contribution >= 4 is 20.0 Å². The van der Waals surface area contributed by atoms with Gasteiger partial charge < -0.3 is 0 Å². The summed E-state index contributed by atoms with van der Waals surface area (Å²) in [6.45, 7) is 9.53. The normalized spacial score (nSPS) is 12.4. The number of hydrogen-bond donors (Lipinski definition) is 0. The van der Waals surface area contributed by atoms with Gasteiger partial charge in [0.1, 0.15) is 0 Å². The minimum atomic E-state index is -3.92. The highest BCUT2D eigenvalue weighted by molar-refractivity contribution is 7.89. The fourth-order valence-electron chi connectivity index (χ4n) is 4.75. The quantitative estimate of drug-likeness (QED) is 0.152. The summed E-state index contributed by atoms with van der Waals surface area (Å²) in [6.07, 6.45) is 7.65. The Labute approximate surface area is 267 Å². The summed E-state index contributed by atoms with van der Waals surface area (Å²) in [4.78, 5) is 0.332. The van der Waals surface area contributed by atoms with Crippen LogP contribution in [0.15, 0.2) is 70.7 Å². The zero-order chi connectivity index (χ0) is 32.5. The van der Waals surface area contributed by atoms with E-state index in [1.165, 1.54) is 8.61 Å². The lowest BCUT2D eigenvalue weighted by Gasteiger charge is -2.25. The molecule has 0 unspecified atom stereocenters. The molecule has 0 amide bonds. The van der Waals surface area contributed by atoms with Gasteiger partial charge in [0.15, 0.2) is 0 Å². The Morgan fingerprint density at radius 1 is 0.600 bits per heavy atom. The fourth-order valence-corrected chi connectivity index (χ4v) is 7.65. The Hall–Kier alpha value is -3.46. The van der Waals surface area contributed by atoms with Gasteiger partial charge in [-0.25, -0.2) is 16.8 Å². The number of sulfonamides is 2. The van der Waals surface area contributed by atoms with E-state index in [0.717, 1.165) is 36.8 Å². The van der Waals surface area contributed by atoms with Crippen LogP contribution in [0.5, 0.6) is 0 Å². The molecule has 0 saturated carbocycles. The molecule has 0 aliphatic rings. The summed E-state index contributed by atoms with van der Waals surface area (Å²) in [5, 5.41) is 16.8. The molecule has 12 nitrogen and oxygen atoms in total. The second-order valence-electron chi connectivity index (χ2n) is 11.3. The van der Waals surface area contributed by atoms with Gasteiger partial charge in [0, 0.05) is 38.6 Å². The third kappa shape index (κ3) is 9.28. The first kappa shape index (κ1) is 34.4. The van der Waals surface area contributed by atoms with Gasteiger partial charge in [-0.15, -0.1) is 10.2 Å². The molecule has 0 aliphatic carbocycles. The van der Waals surface area contributed by atoms with E-state index >= 15 is 0 Å². The molecule has 0 fully saturated rings. The van der Waals surface area contributed by atoms with Crippen LogP contribution in [-0.2, 0) is 46.2 Å². The lowest BCUT2D eigenvalue weighted by atomic mass is 10.2. The minimum Gasteiger partial charge on any atom is -0.252 e. The first-order chi connectivity index (χ1) is 21.5. The van der Waals surface area contributed by atoms with Crippen LogP contribution in [0.3, 0.4) is 0 Å².